The van der Waals surface area contributed by atoms with Crippen LogP contribution in [0.25, 0.3) is 0 Å². The van der Waals surface area contributed by atoms with Crippen LogP contribution in [0.4, 0.5) is 0 Å². The second-order valence-electron chi connectivity index (χ2n) is 4.73. The third-order valence-electron chi connectivity index (χ3n) is 3.42. The molecule has 1 rings (SSSR count). The summed E-state index contributed by atoms with van der Waals surface area (Å²) < 4.78 is 0. The summed E-state index contributed by atoms with van der Waals surface area (Å²) in [5.41, 5.74) is -0.491. The maximum absolute atomic E-state index is 11.5. The number of allylic oxidation sites excluding steroid dienone is 2. The van der Waals surface area contributed by atoms with E-state index in [9.17, 15) is 19.8 Å². The molecule has 4 heteroatoms. The van der Waals surface area contributed by atoms with Crippen molar-refractivity contribution in [3.8, 4) is 0 Å². The van der Waals surface area contributed by atoms with Gasteiger partial charge in [-0.25, -0.2) is 9.59 Å². The minimum atomic E-state index is -1.12. The number of aliphatic carboxylic acids is 2. The molecule has 0 aromatic carbocycles. The van der Waals surface area contributed by atoms with Crippen LogP contribution < -0.4 is 0 Å². The van der Waals surface area contributed by atoms with Gasteiger partial charge in [0.15, 0.2) is 0 Å². The summed E-state index contributed by atoms with van der Waals surface area (Å²) in [7, 11) is 0. The molecule has 0 saturated carbocycles. The summed E-state index contributed by atoms with van der Waals surface area (Å²) in [5, 5.41) is 18.6. The minimum absolute atomic E-state index is 0.0342. The third kappa shape index (κ3) is 2.63. The first-order valence-corrected chi connectivity index (χ1v) is 6.36. The van der Waals surface area contributed by atoms with Crippen LogP contribution >= 0.6 is 0 Å². The summed E-state index contributed by atoms with van der Waals surface area (Å²) in [6.45, 7) is 3.97. The first-order chi connectivity index (χ1) is 8.48. The van der Waals surface area contributed by atoms with Crippen LogP contribution in [0.15, 0.2) is 23.3 Å². The lowest BCUT2D eigenvalue weighted by atomic mass is 9.68. The monoisotopic (exact) mass is 252 g/mol. The lowest BCUT2D eigenvalue weighted by molar-refractivity contribution is -0.137. The van der Waals surface area contributed by atoms with Gasteiger partial charge in [-0.1, -0.05) is 38.8 Å². The maximum Gasteiger partial charge on any atom is 0.333 e. The van der Waals surface area contributed by atoms with Crippen molar-refractivity contribution in [3.63, 3.8) is 0 Å². The van der Waals surface area contributed by atoms with Crippen molar-refractivity contribution in [3.05, 3.63) is 23.3 Å². The van der Waals surface area contributed by atoms with Gasteiger partial charge in [-0.3, -0.25) is 0 Å². The van der Waals surface area contributed by atoms with Crippen molar-refractivity contribution in [1.82, 2.24) is 0 Å². The molecule has 0 radical (unpaired) electrons. The Morgan fingerprint density at radius 3 is 2.11 bits per heavy atom. The van der Waals surface area contributed by atoms with E-state index in [4.69, 9.17) is 0 Å². The number of hydrogen-bond donors (Lipinski definition) is 2. The quantitative estimate of drug-likeness (QED) is 0.712. The molecule has 4 nitrogen and oxygen atoms in total. The van der Waals surface area contributed by atoms with Gasteiger partial charge in [0.2, 0.25) is 0 Å². The number of carbonyl (C=O) groups is 2. The molecule has 0 aromatic heterocycles. The SMILES string of the molecule is CCCC1(CCC)C=CCC(C(=O)O)=C1C(=O)O. The zero-order valence-electron chi connectivity index (χ0n) is 10.9. The molecular formula is C14H20O4. The fourth-order valence-corrected chi connectivity index (χ4v) is 2.86. The Balaban J connectivity index is 3.36. The molecule has 1 aliphatic rings. The van der Waals surface area contributed by atoms with E-state index in [-0.39, 0.29) is 17.6 Å². The fraction of sp³-hybridized carbons (Fsp3) is 0.571. The van der Waals surface area contributed by atoms with Gasteiger partial charge in [0.05, 0.1) is 11.1 Å². The first kappa shape index (κ1) is 14.5. The minimum Gasteiger partial charge on any atom is -0.478 e. The molecule has 0 aliphatic heterocycles. The zero-order chi connectivity index (χ0) is 13.8. The van der Waals surface area contributed by atoms with E-state index in [1.807, 2.05) is 19.9 Å². The second kappa shape index (κ2) is 5.85. The van der Waals surface area contributed by atoms with Gasteiger partial charge in [-0.2, -0.15) is 0 Å². The first-order valence-electron chi connectivity index (χ1n) is 6.36. The number of carboxylic acids is 2. The predicted molar refractivity (Wildman–Crippen MR) is 68.3 cm³/mol. The number of carboxylic acid groups (broad SMARTS) is 2. The molecular weight excluding hydrogens is 232 g/mol. The van der Waals surface area contributed by atoms with Crippen molar-refractivity contribution in [2.24, 2.45) is 5.41 Å². The largest absolute Gasteiger partial charge is 0.478 e. The Bertz CT molecular complexity index is 398. The highest BCUT2D eigenvalue weighted by Gasteiger charge is 2.39. The van der Waals surface area contributed by atoms with E-state index in [0.29, 0.717) is 12.8 Å². The molecule has 0 unspecified atom stereocenters. The lowest BCUT2D eigenvalue weighted by Gasteiger charge is -2.34. The maximum atomic E-state index is 11.5. The van der Waals surface area contributed by atoms with E-state index in [1.165, 1.54) is 0 Å². The molecule has 0 spiro atoms. The van der Waals surface area contributed by atoms with Gasteiger partial charge in [0, 0.05) is 5.41 Å². The molecule has 0 atom stereocenters. The zero-order valence-corrected chi connectivity index (χ0v) is 10.9. The molecule has 0 saturated heterocycles. The molecule has 18 heavy (non-hydrogen) atoms. The molecule has 1 aliphatic carbocycles. The molecule has 0 bridgehead atoms. The van der Waals surface area contributed by atoms with Crippen molar-refractivity contribution >= 4 is 11.9 Å². The van der Waals surface area contributed by atoms with Crippen LogP contribution in [0.1, 0.15) is 46.0 Å². The summed E-state index contributed by atoms with van der Waals surface area (Å²) in [5.74, 6) is -2.22. The van der Waals surface area contributed by atoms with E-state index in [1.54, 1.807) is 6.08 Å². The topological polar surface area (TPSA) is 74.6 Å². The Morgan fingerprint density at radius 1 is 1.17 bits per heavy atom. The smallest absolute Gasteiger partial charge is 0.333 e. The molecule has 2 N–H and O–H groups in total. The summed E-state index contributed by atoms with van der Waals surface area (Å²) in [6.07, 6.45) is 6.90. The van der Waals surface area contributed by atoms with Crippen LogP contribution in [0.5, 0.6) is 0 Å². The molecule has 0 amide bonds. The Hall–Kier alpha value is -1.58. The number of hydrogen-bond acceptors (Lipinski definition) is 2. The normalized spacial score (nSPS) is 17.9. The molecule has 0 fully saturated rings. The Morgan fingerprint density at radius 2 is 1.72 bits per heavy atom. The van der Waals surface area contributed by atoms with Crippen LogP contribution in [0, 0.1) is 5.41 Å². The van der Waals surface area contributed by atoms with E-state index in [2.05, 4.69) is 0 Å². The van der Waals surface area contributed by atoms with Crippen LogP contribution in [-0.4, -0.2) is 22.2 Å². The van der Waals surface area contributed by atoms with Gasteiger partial charge in [0.1, 0.15) is 0 Å². The average molecular weight is 252 g/mol. The summed E-state index contributed by atoms with van der Waals surface area (Å²) >= 11 is 0. The lowest BCUT2D eigenvalue weighted by Crippen LogP contribution is -2.31. The van der Waals surface area contributed by atoms with E-state index in [0.717, 1.165) is 12.8 Å². The van der Waals surface area contributed by atoms with Crippen molar-refractivity contribution in [1.29, 1.82) is 0 Å². The van der Waals surface area contributed by atoms with Crippen LogP contribution in [0.3, 0.4) is 0 Å². The highest BCUT2D eigenvalue weighted by atomic mass is 16.4. The third-order valence-corrected chi connectivity index (χ3v) is 3.42. The van der Waals surface area contributed by atoms with Gasteiger partial charge in [-0.05, 0) is 19.3 Å². The van der Waals surface area contributed by atoms with E-state index >= 15 is 0 Å². The number of rotatable bonds is 6. The van der Waals surface area contributed by atoms with Gasteiger partial charge in [-0.15, -0.1) is 0 Å². The predicted octanol–water partition coefficient (Wildman–Crippen LogP) is 3.00. The van der Waals surface area contributed by atoms with Crippen molar-refractivity contribution in [2.75, 3.05) is 0 Å². The Kier molecular flexibility index (Phi) is 4.70. The van der Waals surface area contributed by atoms with Crippen molar-refractivity contribution < 1.29 is 19.8 Å². The summed E-state index contributed by atoms with van der Waals surface area (Å²) in [6, 6.07) is 0. The Labute approximate surface area is 107 Å². The van der Waals surface area contributed by atoms with Crippen LogP contribution in [0.2, 0.25) is 0 Å². The molecule has 100 valence electrons. The standard InChI is InChI=1S/C14H20O4/c1-3-7-14(8-4-2)9-5-6-10(12(15)16)11(14)13(17)18/h5,9H,3-4,6-8H2,1-2H3,(H,15,16)(H,17,18). The molecule has 0 aromatic rings. The van der Waals surface area contributed by atoms with Gasteiger partial charge in [0.25, 0.3) is 0 Å². The highest BCUT2D eigenvalue weighted by molar-refractivity contribution is 6.00. The second-order valence-corrected chi connectivity index (χ2v) is 4.73. The highest BCUT2D eigenvalue weighted by Crippen LogP contribution is 2.44. The van der Waals surface area contributed by atoms with Crippen LogP contribution in [-0.2, 0) is 9.59 Å². The fourth-order valence-electron chi connectivity index (χ4n) is 2.86. The van der Waals surface area contributed by atoms with Gasteiger partial charge < -0.3 is 10.2 Å². The van der Waals surface area contributed by atoms with Crippen molar-refractivity contribution in [2.45, 2.75) is 46.0 Å². The van der Waals surface area contributed by atoms with E-state index < -0.39 is 17.4 Å². The summed E-state index contributed by atoms with van der Waals surface area (Å²) in [4.78, 5) is 22.7. The van der Waals surface area contributed by atoms with Gasteiger partial charge >= 0.3 is 11.9 Å². The average Bonchev–Trinajstić information content (AvgIpc) is 2.28. The molecule has 0 heterocycles.